The molecule has 1 radical (unpaired) electrons. The molecule has 3 heterocycles. The number of hydrogen-bond donors (Lipinski definition) is 0. The Hall–Kier alpha value is -4.67. The van der Waals surface area contributed by atoms with Gasteiger partial charge in [-0.25, -0.2) is 0 Å². The van der Waals surface area contributed by atoms with Gasteiger partial charge in [0.05, 0.1) is 16.9 Å². The summed E-state index contributed by atoms with van der Waals surface area (Å²) in [5, 5.41) is 4.73. The van der Waals surface area contributed by atoms with Gasteiger partial charge in [0, 0.05) is 40.2 Å². The second-order valence-corrected chi connectivity index (χ2v) is 11.5. The normalized spacial score (nSPS) is 13.2. The van der Waals surface area contributed by atoms with Crippen LogP contribution in [0.5, 0.6) is 0 Å². The molecule has 5 heteroatoms. The maximum atomic E-state index is 7.28. The molecule has 0 fully saturated rings. The molecule has 3 nitrogen and oxygen atoms in total. The molecular formula is C41H31IrN3S-2. The molecule has 8 rings (SSSR count). The summed E-state index contributed by atoms with van der Waals surface area (Å²) in [5.74, 6) is 0.936. The van der Waals surface area contributed by atoms with Gasteiger partial charge in [-0.3, -0.25) is 16.3 Å². The van der Waals surface area contributed by atoms with Crippen LogP contribution in [-0.2, 0) is 20.1 Å². The van der Waals surface area contributed by atoms with Crippen LogP contribution in [-0.4, -0.2) is 14.5 Å². The van der Waals surface area contributed by atoms with Crippen LogP contribution in [0.15, 0.2) is 134 Å². The third-order valence-corrected chi connectivity index (χ3v) is 8.42. The first-order valence-corrected chi connectivity index (χ1v) is 15.3. The molecule has 5 aromatic carbocycles. The second kappa shape index (κ2) is 13.8. The fraction of sp³-hybridized carbons (Fsp3) is 0.0732. The van der Waals surface area contributed by atoms with Crippen molar-refractivity contribution in [2.45, 2.75) is 20.6 Å². The fourth-order valence-electron chi connectivity index (χ4n) is 5.28. The standard InChI is InChI=1S/C28H19N2S.C13H12N.Ir/c1-19-11-16-27-23(17-19)24(18-31-27)28-29-25-9-5-6-10-26(25)30(28)22-14-12-21(13-15-22)20-7-3-2-4-8-20;1-10-3-6-12(7-4-10)13-8-5-11(2)9-14-13;/h2-17H,1H3;3-6,8-9H,1-2H3;/q2*-1;/i;1D3,2D3;. The monoisotopic (exact) mass is 796 g/mol. The van der Waals surface area contributed by atoms with E-state index in [-0.39, 0.29) is 31.2 Å². The summed E-state index contributed by atoms with van der Waals surface area (Å²) < 4.78 is 47.1. The van der Waals surface area contributed by atoms with E-state index in [1.807, 2.05) is 12.1 Å². The van der Waals surface area contributed by atoms with Gasteiger partial charge in [-0.2, -0.15) is 0 Å². The van der Waals surface area contributed by atoms with Crippen molar-refractivity contribution in [2.75, 3.05) is 0 Å². The molecule has 0 bridgehead atoms. The zero-order chi connectivity index (χ0) is 35.8. The van der Waals surface area contributed by atoms with Gasteiger partial charge in [-0.1, -0.05) is 107 Å². The Morgan fingerprint density at radius 3 is 2.22 bits per heavy atom. The predicted octanol–water partition coefficient (Wildman–Crippen LogP) is 10.8. The minimum atomic E-state index is -2.18. The summed E-state index contributed by atoms with van der Waals surface area (Å²) in [5.41, 5.74) is 9.48. The van der Waals surface area contributed by atoms with Crippen LogP contribution in [0.3, 0.4) is 0 Å². The number of thiophene rings is 1. The molecule has 0 aliphatic heterocycles. The largest absolute Gasteiger partial charge is 0.333 e. The third-order valence-electron chi connectivity index (χ3n) is 7.54. The van der Waals surface area contributed by atoms with E-state index < -0.39 is 13.7 Å². The fourth-order valence-corrected chi connectivity index (χ4v) is 6.10. The number of imidazole rings is 1. The zero-order valence-electron chi connectivity index (χ0n) is 30.8. The summed E-state index contributed by atoms with van der Waals surface area (Å²) in [4.78, 5) is 9.11. The molecule has 8 aromatic rings. The van der Waals surface area contributed by atoms with Gasteiger partial charge in [0.15, 0.2) is 0 Å². The maximum Gasteiger partial charge on any atom is 0.0774 e. The summed E-state index contributed by atoms with van der Waals surface area (Å²) >= 11 is 1.65. The molecule has 0 saturated carbocycles. The quantitative estimate of drug-likeness (QED) is 0.166. The molecule has 0 spiro atoms. The summed E-state index contributed by atoms with van der Waals surface area (Å²) in [6.07, 6.45) is 1.30. The van der Waals surface area contributed by atoms with Crippen molar-refractivity contribution in [3.63, 3.8) is 0 Å². The van der Waals surface area contributed by atoms with E-state index in [0.717, 1.165) is 28.1 Å². The summed E-state index contributed by atoms with van der Waals surface area (Å²) in [6.45, 7) is -2.21. The van der Waals surface area contributed by atoms with Crippen LogP contribution >= 0.6 is 11.3 Å². The maximum absolute atomic E-state index is 7.28. The van der Waals surface area contributed by atoms with E-state index in [1.54, 1.807) is 23.5 Å². The molecule has 227 valence electrons. The first kappa shape index (κ1) is 24.5. The van der Waals surface area contributed by atoms with Gasteiger partial charge in [0.25, 0.3) is 0 Å². The van der Waals surface area contributed by atoms with Crippen molar-refractivity contribution in [1.82, 2.24) is 14.5 Å². The average Bonchev–Trinajstić information content (AvgIpc) is 3.73. The van der Waals surface area contributed by atoms with Crippen molar-refractivity contribution in [1.29, 1.82) is 0 Å². The Bertz CT molecular complexity index is 2380. The van der Waals surface area contributed by atoms with E-state index in [0.29, 0.717) is 11.3 Å². The number of para-hydroxylation sites is 2. The smallest absolute Gasteiger partial charge is 0.0774 e. The van der Waals surface area contributed by atoms with Crippen molar-refractivity contribution in [3.05, 3.63) is 162 Å². The molecule has 0 atom stereocenters. The van der Waals surface area contributed by atoms with Crippen LogP contribution in [0.2, 0.25) is 0 Å². The Kier molecular flexibility index (Phi) is 7.34. The average molecular weight is 796 g/mol. The number of aromatic nitrogens is 3. The number of pyridine rings is 1. The number of nitrogens with zero attached hydrogens (tertiary/aromatic N) is 3. The van der Waals surface area contributed by atoms with E-state index in [4.69, 9.17) is 13.2 Å². The van der Waals surface area contributed by atoms with Crippen LogP contribution < -0.4 is 0 Å². The summed E-state index contributed by atoms with van der Waals surface area (Å²) in [6, 6.07) is 44.5. The van der Waals surface area contributed by atoms with Crippen LogP contribution in [0.25, 0.3) is 60.6 Å². The SMILES string of the molecule is Cc1ccc2s[c-]c(-c3nc4ccccc4n3-c3ccc(-c4ccccc4)cc3)c2c1.[2H]C([2H])([2H])c1c[c-]c(-c2ccc(C([2H])([2H])[2H])cn2)cc1.[Ir]. The van der Waals surface area contributed by atoms with E-state index in [1.165, 1.54) is 51.2 Å². The molecule has 0 amide bonds. The summed E-state index contributed by atoms with van der Waals surface area (Å²) in [7, 11) is 0. The molecule has 0 saturated heterocycles. The molecular weight excluding hydrogens is 759 g/mol. The predicted molar refractivity (Wildman–Crippen MR) is 189 cm³/mol. The number of rotatable bonds is 4. The van der Waals surface area contributed by atoms with E-state index >= 15 is 0 Å². The van der Waals surface area contributed by atoms with Gasteiger partial charge < -0.3 is 9.55 Å². The second-order valence-electron chi connectivity index (χ2n) is 10.7. The molecule has 0 unspecified atom stereocenters. The van der Waals surface area contributed by atoms with E-state index in [2.05, 4.69) is 113 Å². The first-order chi connectivity index (χ1) is 24.5. The van der Waals surface area contributed by atoms with Crippen molar-refractivity contribution >= 4 is 32.5 Å². The van der Waals surface area contributed by atoms with Crippen LogP contribution in [0.1, 0.15) is 24.9 Å². The van der Waals surface area contributed by atoms with Crippen molar-refractivity contribution < 1.29 is 28.3 Å². The van der Waals surface area contributed by atoms with Gasteiger partial charge in [-0.15, -0.1) is 46.8 Å². The number of hydrogen-bond acceptors (Lipinski definition) is 3. The number of fused-ring (bicyclic) bond motifs is 2. The third kappa shape index (κ3) is 6.49. The topological polar surface area (TPSA) is 30.7 Å². The number of aryl methyl sites for hydroxylation is 3. The van der Waals surface area contributed by atoms with Gasteiger partial charge in [0.2, 0.25) is 0 Å². The minimum absolute atomic E-state index is 0. The number of benzene rings is 5. The van der Waals surface area contributed by atoms with Crippen molar-refractivity contribution in [3.8, 4) is 39.5 Å². The Morgan fingerprint density at radius 1 is 0.739 bits per heavy atom. The molecule has 46 heavy (non-hydrogen) atoms. The molecule has 0 aliphatic carbocycles. The zero-order valence-corrected chi connectivity index (χ0v) is 28.0. The Labute approximate surface area is 296 Å². The molecule has 0 aliphatic rings. The van der Waals surface area contributed by atoms with Crippen LogP contribution in [0, 0.1) is 32.1 Å². The minimum Gasteiger partial charge on any atom is -0.333 e. The van der Waals surface area contributed by atoms with Crippen LogP contribution in [0.4, 0.5) is 0 Å². The Balaban J connectivity index is 0.000000193. The van der Waals surface area contributed by atoms with E-state index in [9.17, 15) is 0 Å². The van der Waals surface area contributed by atoms with Gasteiger partial charge in [-0.05, 0) is 60.4 Å². The first-order valence-electron chi connectivity index (χ1n) is 17.5. The van der Waals surface area contributed by atoms with Gasteiger partial charge in [0.1, 0.15) is 0 Å². The Morgan fingerprint density at radius 2 is 1.48 bits per heavy atom. The molecule has 0 N–H and O–H groups in total. The van der Waals surface area contributed by atoms with Gasteiger partial charge >= 0.3 is 0 Å². The molecule has 3 aromatic heterocycles. The van der Waals surface area contributed by atoms with Crippen molar-refractivity contribution in [2.24, 2.45) is 0 Å².